The summed E-state index contributed by atoms with van der Waals surface area (Å²) in [6.45, 7) is 3.65. The van der Waals surface area contributed by atoms with Gasteiger partial charge in [-0.05, 0) is 41.4 Å². The van der Waals surface area contributed by atoms with Gasteiger partial charge in [-0.25, -0.2) is 0 Å². The molecule has 0 saturated carbocycles. The summed E-state index contributed by atoms with van der Waals surface area (Å²) in [5, 5.41) is 11.5. The van der Waals surface area contributed by atoms with Gasteiger partial charge < -0.3 is 10.4 Å². The molecule has 0 saturated heterocycles. The van der Waals surface area contributed by atoms with Crippen LogP contribution in [0, 0.1) is 6.92 Å². The first-order valence-corrected chi connectivity index (χ1v) is 5.83. The lowest BCUT2D eigenvalue weighted by Crippen LogP contribution is -2.34. The Bertz CT molecular complexity index is 318. The topological polar surface area (TPSA) is 49.3 Å². The van der Waals surface area contributed by atoms with Crippen LogP contribution in [-0.2, 0) is 0 Å². The molecule has 1 aromatic heterocycles. The van der Waals surface area contributed by atoms with Crippen molar-refractivity contribution in [3.63, 3.8) is 0 Å². The van der Waals surface area contributed by atoms with Crippen molar-refractivity contribution in [2.24, 2.45) is 0 Å². The number of rotatable bonds is 3. The van der Waals surface area contributed by atoms with Gasteiger partial charge in [0.25, 0.3) is 5.91 Å². The summed E-state index contributed by atoms with van der Waals surface area (Å²) in [4.78, 5) is 12.2. The van der Waals surface area contributed by atoms with Crippen LogP contribution in [0.3, 0.4) is 0 Å². The van der Waals surface area contributed by atoms with Crippen molar-refractivity contribution in [3.8, 4) is 0 Å². The number of aryl methyl sites for hydroxylation is 1. The second-order valence-electron chi connectivity index (χ2n) is 3.12. The Morgan fingerprint density at radius 1 is 1.79 bits per heavy atom. The first-order chi connectivity index (χ1) is 6.54. The average Bonchev–Trinajstić information content (AvgIpc) is 2.47. The summed E-state index contributed by atoms with van der Waals surface area (Å²) in [6, 6.07) is 1.62. The minimum Gasteiger partial charge on any atom is -0.394 e. The maximum atomic E-state index is 11.5. The zero-order valence-corrected chi connectivity index (χ0v) is 10.4. The Balaban J connectivity index is 2.70. The number of aliphatic hydroxyl groups is 1. The van der Waals surface area contributed by atoms with E-state index >= 15 is 0 Å². The predicted octanol–water partition coefficient (Wildman–Crippen LogP) is 1.93. The van der Waals surface area contributed by atoms with Crippen molar-refractivity contribution in [1.29, 1.82) is 0 Å². The normalized spacial score (nSPS) is 12.6. The van der Waals surface area contributed by atoms with Gasteiger partial charge in [0.2, 0.25) is 0 Å². The van der Waals surface area contributed by atoms with E-state index in [1.165, 1.54) is 11.3 Å². The van der Waals surface area contributed by atoms with Crippen LogP contribution in [0.1, 0.15) is 22.2 Å². The summed E-state index contributed by atoms with van der Waals surface area (Å²) < 4.78 is 0.972. The van der Waals surface area contributed by atoms with E-state index in [2.05, 4.69) is 21.2 Å². The standard InChI is InChI=1S/C9H12BrNO2S/c1-5-3-7(14-8(5)10)9(13)11-6(2)4-12/h3,6,12H,4H2,1-2H3,(H,11,13)/t6-/m1/s1. The number of hydrogen-bond acceptors (Lipinski definition) is 3. The molecule has 0 aliphatic carbocycles. The number of nitrogens with one attached hydrogen (secondary N) is 1. The fraction of sp³-hybridized carbons (Fsp3) is 0.444. The lowest BCUT2D eigenvalue weighted by molar-refractivity contribution is 0.0926. The Morgan fingerprint density at radius 3 is 2.86 bits per heavy atom. The monoisotopic (exact) mass is 277 g/mol. The van der Waals surface area contributed by atoms with Gasteiger partial charge in [0.05, 0.1) is 15.3 Å². The smallest absolute Gasteiger partial charge is 0.261 e. The molecule has 3 nitrogen and oxygen atoms in total. The average molecular weight is 278 g/mol. The summed E-state index contributed by atoms with van der Waals surface area (Å²) >= 11 is 4.75. The molecule has 0 radical (unpaired) electrons. The SMILES string of the molecule is Cc1cc(C(=O)N[C@H](C)CO)sc1Br. The van der Waals surface area contributed by atoms with Crippen LogP contribution in [0.5, 0.6) is 0 Å². The molecule has 0 fully saturated rings. The maximum absolute atomic E-state index is 11.5. The predicted molar refractivity (Wildman–Crippen MR) is 60.8 cm³/mol. The van der Waals surface area contributed by atoms with Crippen LogP contribution in [0.25, 0.3) is 0 Å². The molecule has 0 unspecified atom stereocenters. The molecule has 1 atom stereocenters. The minimum absolute atomic E-state index is 0.0444. The van der Waals surface area contributed by atoms with Gasteiger partial charge in [-0.1, -0.05) is 0 Å². The molecule has 0 aliphatic heterocycles. The number of halogens is 1. The molecule has 1 amide bonds. The molecule has 0 aliphatic rings. The Morgan fingerprint density at radius 2 is 2.43 bits per heavy atom. The first-order valence-electron chi connectivity index (χ1n) is 4.22. The molecule has 14 heavy (non-hydrogen) atoms. The van der Waals surface area contributed by atoms with Crippen LogP contribution in [-0.4, -0.2) is 23.7 Å². The van der Waals surface area contributed by atoms with Crippen molar-refractivity contribution in [1.82, 2.24) is 5.32 Å². The van der Waals surface area contributed by atoms with E-state index in [9.17, 15) is 4.79 Å². The molecular formula is C9H12BrNO2S. The van der Waals surface area contributed by atoms with Gasteiger partial charge in [0.1, 0.15) is 0 Å². The second-order valence-corrected chi connectivity index (χ2v) is 5.49. The highest BCUT2D eigenvalue weighted by Gasteiger charge is 2.12. The van der Waals surface area contributed by atoms with Gasteiger partial charge in [0, 0.05) is 6.04 Å². The maximum Gasteiger partial charge on any atom is 0.261 e. The number of aliphatic hydroxyl groups excluding tert-OH is 1. The molecule has 5 heteroatoms. The third kappa shape index (κ3) is 2.80. The van der Waals surface area contributed by atoms with Gasteiger partial charge in [-0.15, -0.1) is 11.3 Å². The molecule has 0 aromatic carbocycles. The van der Waals surface area contributed by atoms with Crippen LogP contribution in [0.2, 0.25) is 0 Å². The van der Waals surface area contributed by atoms with Gasteiger partial charge in [-0.3, -0.25) is 4.79 Å². The lowest BCUT2D eigenvalue weighted by Gasteiger charge is -2.08. The summed E-state index contributed by atoms with van der Waals surface area (Å²) in [5.41, 5.74) is 1.05. The van der Waals surface area contributed by atoms with E-state index in [1.807, 2.05) is 13.0 Å². The second kappa shape index (κ2) is 4.91. The quantitative estimate of drug-likeness (QED) is 0.887. The van der Waals surface area contributed by atoms with Crippen molar-refractivity contribution < 1.29 is 9.90 Å². The van der Waals surface area contributed by atoms with Gasteiger partial charge in [-0.2, -0.15) is 0 Å². The molecule has 1 rings (SSSR count). The van der Waals surface area contributed by atoms with Gasteiger partial charge in [0.15, 0.2) is 0 Å². The largest absolute Gasteiger partial charge is 0.394 e. The third-order valence-electron chi connectivity index (χ3n) is 1.73. The zero-order chi connectivity index (χ0) is 10.7. The molecule has 0 spiro atoms. The Kier molecular flexibility index (Phi) is 4.10. The summed E-state index contributed by atoms with van der Waals surface area (Å²) in [6.07, 6.45) is 0. The molecule has 2 N–H and O–H groups in total. The number of hydrogen-bond donors (Lipinski definition) is 2. The van der Waals surface area contributed by atoms with E-state index in [0.717, 1.165) is 9.35 Å². The lowest BCUT2D eigenvalue weighted by atomic mass is 10.3. The number of thiophene rings is 1. The van der Waals surface area contributed by atoms with E-state index in [4.69, 9.17) is 5.11 Å². The molecule has 78 valence electrons. The van der Waals surface area contributed by atoms with E-state index in [0.29, 0.717) is 4.88 Å². The molecule has 0 bridgehead atoms. The summed E-state index contributed by atoms with van der Waals surface area (Å²) in [7, 11) is 0. The molecular weight excluding hydrogens is 266 g/mol. The van der Waals surface area contributed by atoms with Crippen molar-refractivity contribution in [3.05, 3.63) is 20.3 Å². The minimum atomic E-state index is -0.205. The van der Waals surface area contributed by atoms with Crippen LogP contribution in [0.4, 0.5) is 0 Å². The summed E-state index contributed by atoms with van der Waals surface area (Å²) in [5.74, 6) is -0.134. The number of carbonyl (C=O) groups excluding carboxylic acids is 1. The highest BCUT2D eigenvalue weighted by molar-refractivity contribution is 9.11. The molecule has 1 aromatic rings. The fourth-order valence-corrected chi connectivity index (χ4v) is 2.35. The van der Waals surface area contributed by atoms with Crippen LogP contribution < -0.4 is 5.32 Å². The molecule has 1 heterocycles. The van der Waals surface area contributed by atoms with Crippen molar-refractivity contribution in [2.75, 3.05) is 6.61 Å². The van der Waals surface area contributed by atoms with Crippen molar-refractivity contribution in [2.45, 2.75) is 19.9 Å². The van der Waals surface area contributed by atoms with Gasteiger partial charge >= 0.3 is 0 Å². The highest BCUT2D eigenvalue weighted by atomic mass is 79.9. The number of amides is 1. The highest BCUT2D eigenvalue weighted by Crippen LogP contribution is 2.27. The fourth-order valence-electron chi connectivity index (χ4n) is 0.912. The Hall–Kier alpha value is -0.390. The van der Waals surface area contributed by atoms with E-state index in [-0.39, 0.29) is 18.6 Å². The number of carbonyl (C=O) groups is 1. The van der Waals surface area contributed by atoms with Crippen LogP contribution >= 0.6 is 27.3 Å². The van der Waals surface area contributed by atoms with E-state index in [1.54, 1.807) is 6.92 Å². The van der Waals surface area contributed by atoms with E-state index < -0.39 is 0 Å². The third-order valence-corrected chi connectivity index (χ3v) is 3.87. The Labute approximate surface area is 95.3 Å². The van der Waals surface area contributed by atoms with Crippen LogP contribution in [0.15, 0.2) is 9.85 Å². The first kappa shape index (κ1) is 11.7. The zero-order valence-electron chi connectivity index (χ0n) is 8.00. The van der Waals surface area contributed by atoms with Crippen molar-refractivity contribution >= 4 is 33.2 Å².